The highest BCUT2D eigenvalue weighted by Gasteiger charge is 2.37. The Hall–Kier alpha value is -4.38. The van der Waals surface area contributed by atoms with E-state index < -0.39 is 11.7 Å². The Balaban J connectivity index is 1.48. The largest absolute Gasteiger partial charge is 0.496 e. The van der Waals surface area contributed by atoms with Crippen molar-refractivity contribution in [3.05, 3.63) is 142 Å². The van der Waals surface area contributed by atoms with Gasteiger partial charge in [0.05, 0.1) is 7.11 Å². The highest BCUT2D eigenvalue weighted by atomic mass is 19.1. The van der Waals surface area contributed by atoms with Crippen molar-refractivity contribution in [2.45, 2.75) is 32.1 Å². The summed E-state index contributed by atoms with van der Waals surface area (Å²) >= 11 is 0. The zero-order valence-corrected chi connectivity index (χ0v) is 22.5. The predicted octanol–water partition coefficient (Wildman–Crippen LogP) is 8.03. The number of rotatable bonds is 9. The van der Waals surface area contributed by atoms with E-state index in [1.165, 1.54) is 24.3 Å². The zero-order chi connectivity index (χ0) is 28.2. The van der Waals surface area contributed by atoms with E-state index in [9.17, 15) is 18.4 Å². The number of methoxy groups -OCH3 is 1. The first-order chi connectivity index (χ1) is 19.3. The number of hydrogen-bond acceptors (Lipinski definition) is 3. The smallest absolute Gasteiger partial charge is 0.170 e. The van der Waals surface area contributed by atoms with Crippen LogP contribution in [0.15, 0.2) is 97.1 Å². The quantitative estimate of drug-likeness (QED) is 0.203. The van der Waals surface area contributed by atoms with Crippen LogP contribution in [0.25, 0.3) is 5.57 Å². The molecule has 0 radical (unpaired) electrons. The zero-order valence-electron chi connectivity index (χ0n) is 22.5. The van der Waals surface area contributed by atoms with E-state index in [2.05, 4.69) is 0 Å². The molecule has 1 aliphatic rings. The first-order valence-corrected chi connectivity index (χ1v) is 13.4. The van der Waals surface area contributed by atoms with Crippen LogP contribution in [-0.4, -0.2) is 18.7 Å². The Morgan fingerprint density at radius 2 is 1.55 bits per heavy atom. The minimum atomic E-state index is -0.537. The van der Waals surface area contributed by atoms with E-state index in [-0.39, 0.29) is 23.3 Å². The molecule has 0 aromatic heterocycles. The Bertz CT molecular complexity index is 1570. The highest BCUT2D eigenvalue weighted by molar-refractivity contribution is 6.01. The SMILES string of the molecule is COc1c(CCc2ccc(C(C)=O)cc2)cccc1C1CC(c2ccc(F)cc2)=CC1C(=O)c1cccc(F)c1. The van der Waals surface area contributed by atoms with Gasteiger partial charge in [-0.05, 0) is 78.3 Å². The molecule has 4 aromatic rings. The van der Waals surface area contributed by atoms with Gasteiger partial charge < -0.3 is 4.74 Å². The molecule has 0 N–H and O–H groups in total. The van der Waals surface area contributed by atoms with Gasteiger partial charge in [-0.15, -0.1) is 0 Å². The number of allylic oxidation sites excluding steroid dienone is 2. The molecule has 4 aromatic carbocycles. The van der Waals surface area contributed by atoms with Gasteiger partial charge in [0.2, 0.25) is 0 Å². The van der Waals surface area contributed by atoms with E-state index in [0.717, 1.165) is 40.0 Å². The van der Waals surface area contributed by atoms with Crippen LogP contribution in [-0.2, 0) is 12.8 Å². The number of hydrogen-bond donors (Lipinski definition) is 0. The first-order valence-electron chi connectivity index (χ1n) is 13.4. The molecule has 0 spiro atoms. The molecule has 0 bridgehead atoms. The third kappa shape index (κ3) is 5.79. The molecule has 0 saturated carbocycles. The van der Waals surface area contributed by atoms with Crippen molar-refractivity contribution in [1.29, 1.82) is 0 Å². The molecule has 40 heavy (non-hydrogen) atoms. The van der Waals surface area contributed by atoms with Gasteiger partial charge in [-0.25, -0.2) is 8.78 Å². The normalized spacial score (nSPS) is 16.4. The minimum absolute atomic E-state index is 0.0356. The standard InChI is InChI=1S/C35H30F2O3/c1-22(38)24-12-9-23(10-13-24)11-14-26-5-4-8-31(35(26)40-2)32-20-28(25-15-17-29(36)18-16-25)21-33(32)34(39)27-6-3-7-30(37)19-27/h3-10,12-13,15-19,21,32-33H,11,14,20H2,1-2H3. The fraction of sp³-hybridized carbons (Fsp3) is 0.200. The third-order valence-electron chi connectivity index (χ3n) is 7.66. The lowest BCUT2D eigenvalue weighted by Crippen LogP contribution is -2.19. The molecular weight excluding hydrogens is 506 g/mol. The maximum absolute atomic E-state index is 14.0. The summed E-state index contributed by atoms with van der Waals surface area (Å²) in [5.74, 6) is -0.951. The molecular formula is C35H30F2O3. The summed E-state index contributed by atoms with van der Waals surface area (Å²) in [7, 11) is 1.64. The van der Waals surface area contributed by atoms with Crippen molar-refractivity contribution in [1.82, 2.24) is 0 Å². The van der Waals surface area contributed by atoms with E-state index in [0.29, 0.717) is 24.0 Å². The van der Waals surface area contributed by atoms with Crippen LogP contribution < -0.4 is 4.74 Å². The van der Waals surface area contributed by atoms with Gasteiger partial charge in [0.25, 0.3) is 0 Å². The van der Waals surface area contributed by atoms with Crippen molar-refractivity contribution in [2.75, 3.05) is 7.11 Å². The molecule has 0 amide bonds. The van der Waals surface area contributed by atoms with E-state index in [4.69, 9.17) is 4.74 Å². The summed E-state index contributed by atoms with van der Waals surface area (Å²) in [5, 5.41) is 0. The number of aryl methyl sites for hydroxylation is 2. The predicted molar refractivity (Wildman–Crippen MR) is 153 cm³/mol. The second kappa shape index (κ2) is 11.8. The third-order valence-corrected chi connectivity index (χ3v) is 7.66. The Morgan fingerprint density at radius 1 is 0.825 bits per heavy atom. The Kier molecular flexibility index (Phi) is 8.01. The maximum atomic E-state index is 14.0. The number of carbonyl (C=O) groups excluding carboxylic acids is 2. The van der Waals surface area contributed by atoms with Crippen LogP contribution >= 0.6 is 0 Å². The summed E-state index contributed by atoms with van der Waals surface area (Å²) in [4.78, 5) is 25.4. The van der Waals surface area contributed by atoms with Crippen LogP contribution in [0.4, 0.5) is 8.78 Å². The van der Waals surface area contributed by atoms with Gasteiger partial charge in [0.15, 0.2) is 11.6 Å². The van der Waals surface area contributed by atoms with Crippen LogP contribution in [0.2, 0.25) is 0 Å². The summed E-state index contributed by atoms with van der Waals surface area (Å²) in [6.07, 6.45) is 3.97. The van der Waals surface area contributed by atoms with Crippen molar-refractivity contribution in [3.63, 3.8) is 0 Å². The number of ketones is 2. The van der Waals surface area contributed by atoms with Gasteiger partial charge in [-0.3, -0.25) is 9.59 Å². The first kappa shape index (κ1) is 27.2. The average Bonchev–Trinajstić information content (AvgIpc) is 3.41. The summed E-state index contributed by atoms with van der Waals surface area (Å²) in [6.45, 7) is 1.55. The van der Waals surface area contributed by atoms with Gasteiger partial charge in [0, 0.05) is 23.0 Å². The molecule has 0 heterocycles. The molecule has 1 aliphatic carbocycles. The lowest BCUT2D eigenvalue weighted by Gasteiger charge is -2.23. The number of carbonyl (C=O) groups is 2. The molecule has 202 valence electrons. The Morgan fingerprint density at radius 3 is 2.23 bits per heavy atom. The van der Waals surface area contributed by atoms with E-state index in [1.54, 1.807) is 38.3 Å². The lowest BCUT2D eigenvalue weighted by molar-refractivity contribution is 0.0933. The summed E-state index contributed by atoms with van der Waals surface area (Å²) in [6, 6.07) is 25.7. The molecule has 3 nitrogen and oxygen atoms in total. The van der Waals surface area contributed by atoms with Crippen molar-refractivity contribution in [2.24, 2.45) is 5.92 Å². The van der Waals surface area contributed by atoms with E-state index in [1.807, 2.05) is 48.5 Å². The van der Waals surface area contributed by atoms with Gasteiger partial charge >= 0.3 is 0 Å². The van der Waals surface area contributed by atoms with Crippen molar-refractivity contribution in [3.8, 4) is 5.75 Å². The number of ether oxygens (including phenoxy) is 1. The average molecular weight is 537 g/mol. The molecule has 0 saturated heterocycles. The fourth-order valence-electron chi connectivity index (χ4n) is 5.57. The van der Waals surface area contributed by atoms with E-state index >= 15 is 0 Å². The summed E-state index contributed by atoms with van der Waals surface area (Å²) in [5.41, 5.74) is 5.83. The topological polar surface area (TPSA) is 43.4 Å². The molecule has 2 unspecified atom stereocenters. The van der Waals surface area contributed by atoms with Crippen molar-refractivity contribution < 1.29 is 23.1 Å². The fourth-order valence-corrected chi connectivity index (χ4v) is 5.57. The molecule has 0 fully saturated rings. The monoisotopic (exact) mass is 536 g/mol. The Labute approximate surface area is 233 Å². The molecule has 5 rings (SSSR count). The van der Waals surface area contributed by atoms with Crippen LogP contribution in [0.3, 0.4) is 0 Å². The van der Waals surface area contributed by atoms with Gasteiger partial charge in [0.1, 0.15) is 17.4 Å². The second-order valence-corrected chi connectivity index (χ2v) is 10.2. The molecule has 0 aliphatic heterocycles. The maximum Gasteiger partial charge on any atom is 0.170 e. The van der Waals surface area contributed by atoms with Gasteiger partial charge in [-0.2, -0.15) is 0 Å². The number of Topliss-reactive ketones (excluding diaryl/α,β-unsaturated/α-hetero) is 2. The number of para-hydroxylation sites is 1. The summed E-state index contributed by atoms with van der Waals surface area (Å²) < 4.78 is 33.6. The van der Waals surface area contributed by atoms with Crippen LogP contribution in [0.5, 0.6) is 5.75 Å². The second-order valence-electron chi connectivity index (χ2n) is 10.2. The minimum Gasteiger partial charge on any atom is -0.496 e. The van der Waals surface area contributed by atoms with Gasteiger partial charge in [-0.1, -0.05) is 72.8 Å². The number of halogens is 2. The van der Waals surface area contributed by atoms with Crippen molar-refractivity contribution >= 4 is 17.1 Å². The van der Waals surface area contributed by atoms with Crippen LogP contribution in [0.1, 0.15) is 62.2 Å². The molecule has 2 atom stereocenters. The molecule has 5 heteroatoms. The number of benzene rings is 4. The lowest BCUT2D eigenvalue weighted by atomic mass is 9.81. The van der Waals surface area contributed by atoms with Crippen LogP contribution in [0, 0.1) is 17.6 Å². The highest BCUT2D eigenvalue weighted by Crippen LogP contribution is 2.47.